The van der Waals surface area contributed by atoms with Gasteiger partial charge in [0.15, 0.2) is 0 Å². The van der Waals surface area contributed by atoms with Crippen LogP contribution >= 0.6 is 15.9 Å². The summed E-state index contributed by atoms with van der Waals surface area (Å²) >= 11 is 3.32. The molecule has 0 radical (unpaired) electrons. The Hall–Kier alpha value is -1.21. The highest BCUT2D eigenvalue weighted by molar-refractivity contribution is 9.10. The number of unbranched alkanes of at least 4 members (excludes halogenated alkanes) is 2. The van der Waals surface area contributed by atoms with Crippen molar-refractivity contribution >= 4 is 15.9 Å². The van der Waals surface area contributed by atoms with Gasteiger partial charge >= 0.3 is 0 Å². The van der Waals surface area contributed by atoms with Gasteiger partial charge in [-0.25, -0.2) is 0 Å². The molecule has 0 heterocycles. The number of ether oxygens (including phenoxy) is 1. The molecule has 0 saturated heterocycles. The van der Waals surface area contributed by atoms with Crippen LogP contribution in [0.3, 0.4) is 0 Å². The van der Waals surface area contributed by atoms with E-state index in [-0.39, 0.29) is 11.2 Å². The van der Waals surface area contributed by atoms with Gasteiger partial charge in [0.2, 0.25) is 0 Å². The predicted octanol–water partition coefficient (Wildman–Crippen LogP) is 7.26. The fraction of sp³-hybridized carbons (Fsp3) is 0.667. The summed E-state index contributed by atoms with van der Waals surface area (Å²) in [5, 5.41) is 18.7. The van der Waals surface area contributed by atoms with Gasteiger partial charge in [0, 0.05) is 6.07 Å². The molecule has 0 aliphatic carbocycles. The molecule has 0 atom stereocenters. The zero-order valence-electron chi connectivity index (χ0n) is 17.1. The normalized spacial score (nSPS) is 9.88. The van der Waals surface area contributed by atoms with Gasteiger partial charge in [-0.1, -0.05) is 47.5 Å². The summed E-state index contributed by atoms with van der Waals surface area (Å²) in [7, 11) is 0. The summed E-state index contributed by atoms with van der Waals surface area (Å²) in [6, 6.07) is 5.89. The van der Waals surface area contributed by atoms with E-state index in [4.69, 9.17) is 10.00 Å². The van der Waals surface area contributed by atoms with Crippen LogP contribution < -0.4 is 4.74 Å². The van der Waals surface area contributed by atoms with Gasteiger partial charge in [0.1, 0.15) is 11.5 Å². The molecule has 0 bridgehead atoms. The summed E-state index contributed by atoms with van der Waals surface area (Å²) in [4.78, 5) is 0. The first-order valence-electron chi connectivity index (χ1n) is 9.45. The number of nitrogens with zero attached hydrogens (tertiary/aromatic N) is 1. The first-order valence-corrected chi connectivity index (χ1v) is 10.2. The Morgan fingerprint density at radius 1 is 1.12 bits per heavy atom. The van der Waals surface area contributed by atoms with Crippen LogP contribution in [0.4, 0.5) is 0 Å². The van der Waals surface area contributed by atoms with Crippen LogP contribution in [0.25, 0.3) is 0 Å². The standard InChI is InChI=1S/C17H24BrNO2.2C2H6/c1-4-13-10-14(18)15(20)11-16(13)21-9-7-5-6-8-17(2,3)12-19;2*1-2/h10-11,20H,4-9H2,1-3H3;2*1-2H3. The number of benzene rings is 1. The van der Waals surface area contributed by atoms with Crippen LogP contribution in [-0.4, -0.2) is 11.7 Å². The Balaban J connectivity index is 0. The lowest BCUT2D eigenvalue weighted by molar-refractivity contribution is 0.296. The molecule has 0 fully saturated rings. The first kappa shape index (κ1) is 26.0. The van der Waals surface area contributed by atoms with Gasteiger partial charge in [-0.15, -0.1) is 0 Å². The molecular formula is C21H36BrNO2. The molecule has 0 aliphatic heterocycles. The average molecular weight is 414 g/mol. The number of hydrogen-bond acceptors (Lipinski definition) is 3. The lowest BCUT2D eigenvalue weighted by Crippen LogP contribution is -2.07. The van der Waals surface area contributed by atoms with Crippen LogP contribution in [0.2, 0.25) is 0 Å². The summed E-state index contributed by atoms with van der Waals surface area (Å²) in [6.45, 7) is 14.7. The zero-order chi connectivity index (χ0) is 19.9. The third kappa shape index (κ3) is 11.1. The molecule has 25 heavy (non-hydrogen) atoms. The molecule has 0 aliphatic rings. The minimum Gasteiger partial charge on any atom is -0.507 e. The fourth-order valence-corrected chi connectivity index (χ4v) is 2.47. The van der Waals surface area contributed by atoms with Gasteiger partial charge in [0.05, 0.1) is 22.6 Å². The van der Waals surface area contributed by atoms with E-state index in [1.807, 2.05) is 47.6 Å². The van der Waals surface area contributed by atoms with Crippen molar-refractivity contribution in [2.24, 2.45) is 5.41 Å². The van der Waals surface area contributed by atoms with Crippen molar-refractivity contribution in [2.75, 3.05) is 6.61 Å². The summed E-state index contributed by atoms with van der Waals surface area (Å²) in [5.41, 5.74) is 0.860. The highest BCUT2D eigenvalue weighted by Gasteiger charge is 2.15. The third-order valence-electron chi connectivity index (χ3n) is 3.52. The second-order valence-corrected chi connectivity index (χ2v) is 6.77. The largest absolute Gasteiger partial charge is 0.507 e. The van der Waals surface area contributed by atoms with Gasteiger partial charge in [-0.2, -0.15) is 5.26 Å². The smallest absolute Gasteiger partial charge is 0.133 e. The molecule has 0 spiro atoms. The maximum absolute atomic E-state index is 9.72. The Bertz CT molecular complexity index is 507. The van der Waals surface area contributed by atoms with Crippen LogP contribution in [0.1, 0.15) is 79.7 Å². The van der Waals surface area contributed by atoms with Crippen molar-refractivity contribution in [3.8, 4) is 17.6 Å². The number of phenols is 1. The van der Waals surface area contributed by atoms with E-state index in [0.717, 1.165) is 43.4 Å². The van der Waals surface area contributed by atoms with E-state index >= 15 is 0 Å². The van der Waals surface area contributed by atoms with Crippen molar-refractivity contribution < 1.29 is 9.84 Å². The van der Waals surface area contributed by atoms with Crippen molar-refractivity contribution in [3.05, 3.63) is 22.2 Å². The van der Waals surface area contributed by atoms with Gasteiger partial charge in [-0.05, 0) is 60.7 Å². The maximum Gasteiger partial charge on any atom is 0.133 e. The quantitative estimate of drug-likeness (QED) is 0.456. The molecule has 1 rings (SSSR count). The Morgan fingerprint density at radius 3 is 2.24 bits per heavy atom. The van der Waals surface area contributed by atoms with E-state index in [9.17, 15) is 5.11 Å². The van der Waals surface area contributed by atoms with Gasteiger partial charge in [-0.3, -0.25) is 0 Å². The summed E-state index contributed by atoms with van der Waals surface area (Å²) < 4.78 is 6.48. The summed E-state index contributed by atoms with van der Waals surface area (Å²) in [5.74, 6) is 0.966. The van der Waals surface area contributed by atoms with Crippen LogP contribution in [-0.2, 0) is 6.42 Å². The van der Waals surface area contributed by atoms with Gasteiger partial charge < -0.3 is 9.84 Å². The molecule has 1 aromatic rings. The second kappa shape index (κ2) is 15.1. The van der Waals surface area contributed by atoms with E-state index in [1.54, 1.807) is 6.07 Å². The second-order valence-electron chi connectivity index (χ2n) is 5.92. The molecule has 3 nitrogen and oxygen atoms in total. The molecular weight excluding hydrogens is 378 g/mol. The van der Waals surface area contributed by atoms with E-state index in [0.29, 0.717) is 11.1 Å². The molecule has 1 aromatic carbocycles. The van der Waals surface area contributed by atoms with Crippen LogP contribution in [0, 0.1) is 16.7 Å². The van der Waals surface area contributed by atoms with E-state index in [1.165, 1.54) is 0 Å². The Morgan fingerprint density at radius 2 is 1.72 bits per heavy atom. The first-order chi connectivity index (χ1) is 11.9. The van der Waals surface area contributed by atoms with Crippen molar-refractivity contribution in [1.29, 1.82) is 5.26 Å². The third-order valence-corrected chi connectivity index (χ3v) is 4.15. The SMILES string of the molecule is CC.CC.CCc1cc(Br)c(O)cc1OCCCCCC(C)(C)C#N. The van der Waals surface area contributed by atoms with Crippen molar-refractivity contribution in [3.63, 3.8) is 0 Å². The minimum absolute atomic E-state index is 0.206. The molecule has 0 amide bonds. The minimum atomic E-state index is -0.228. The number of halogens is 1. The number of rotatable bonds is 8. The molecule has 1 N–H and O–H groups in total. The highest BCUT2D eigenvalue weighted by Crippen LogP contribution is 2.32. The monoisotopic (exact) mass is 413 g/mol. The molecule has 0 unspecified atom stereocenters. The maximum atomic E-state index is 9.72. The highest BCUT2D eigenvalue weighted by atomic mass is 79.9. The van der Waals surface area contributed by atoms with Crippen LogP contribution in [0.15, 0.2) is 16.6 Å². The predicted molar refractivity (Wildman–Crippen MR) is 111 cm³/mol. The summed E-state index contributed by atoms with van der Waals surface area (Å²) in [6.07, 6.45) is 4.83. The number of phenolic OH excluding ortho intramolecular Hbond substituents is 1. The molecule has 4 heteroatoms. The van der Waals surface area contributed by atoms with Crippen molar-refractivity contribution in [2.45, 2.75) is 80.6 Å². The van der Waals surface area contributed by atoms with E-state index < -0.39 is 0 Å². The number of nitriles is 1. The van der Waals surface area contributed by atoms with Crippen molar-refractivity contribution in [1.82, 2.24) is 0 Å². The Kier molecular flexibility index (Phi) is 15.7. The number of aromatic hydroxyl groups is 1. The zero-order valence-corrected chi connectivity index (χ0v) is 18.7. The number of aryl methyl sites for hydroxylation is 1. The van der Waals surface area contributed by atoms with E-state index in [2.05, 4.69) is 28.9 Å². The molecule has 144 valence electrons. The number of hydrogen-bond donors (Lipinski definition) is 1. The average Bonchev–Trinajstić information content (AvgIpc) is 2.64. The fourth-order valence-electron chi connectivity index (χ4n) is 2.08. The molecule has 0 saturated carbocycles. The van der Waals surface area contributed by atoms with Crippen LogP contribution in [0.5, 0.6) is 11.5 Å². The molecule has 0 aromatic heterocycles. The lowest BCUT2D eigenvalue weighted by Gasteiger charge is -2.15. The lowest BCUT2D eigenvalue weighted by atomic mass is 9.89. The Labute approximate surface area is 163 Å². The topological polar surface area (TPSA) is 53.2 Å². The van der Waals surface area contributed by atoms with Gasteiger partial charge in [0.25, 0.3) is 0 Å².